The first-order valence-corrected chi connectivity index (χ1v) is 9.10. The summed E-state index contributed by atoms with van der Waals surface area (Å²) in [6, 6.07) is 0.542. The molecule has 0 amide bonds. The zero-order chi connectivity index (χ0) is 15.9. The van der Waals surface area contributed by atoms with Gasteiger partial charge in [-0.3, -0.25) is 4.99 Å². The maximum absolute atomic E-state index is 4.36. The fourth-order valence-electron chi connectivity index (χ4n) is 2.70. The van der Waals surface area contributed by atoms with Crippen molar-refractivity contribution in [2.45, 2.75) is 50.8 Å². The third kappa shape index (κ3) is 8.24. The Morgan fingerprint density at radius 2 is 2.00 bits per heavy atom. The van der Waals surface area contributed by atoms with Gasteiger partial charge in [0.1, 0.15) is 0 Å². The number of halogens is 1. The highest BCUT2D eigenvalue weighted by Gasteiger charge is 2.29. The number of hydrogen-bond donors (Lipinski definition) is 2. The van der Waals surface area contributed by atoms with E-state index in [1.807, 2.05) is 7.05 Å². The molecule has 2 atom stereocenters. The van der Waals surface area contributed by atoms with Crippen LogP contribution in [-0.2, 0) is 0 Å². The number of nitrogens with one attached hydrogen (secondary N) is 2. The molecule has 0 spiro atoms. The van der Waals surface area contributed by atoms with Crippen molar-refractivity contribution < 1.29 is 0 Å². The van der Waals surface area contributed by atoms with Crippen LogP contribution in [0.25, 0.3) is 0 Å². The maximum Gasteiger partial charge on any atom is 0.191 e. The second-order valence-corrected chi connectivity index (χ2v) is 8.64. The van der Waals surface area contributed by atoms with E-state index in [0.717, 1.165) is 19.0 Å². The summed E-state index contributed by atoms with van der Waals surface area (Å²) in [6.07, 6.45) is 3.84. The van der Waals surface area contributed by atoms with E-state index in [9.17, 15) is 0 Å². The van der Waals surface area contributed by atoms with Gasteiger partial charge in [-0.25, -0.2) is 0 Å². The van der Waals surface area contributed by atoms with Crippen molar-refractivity contribution in [1.29, 1.82) is 0 Å². The Kier molecular flexibility index (Phi) is 11.1. The number of thioether (sulfide) groups is 1. The third-order valence-corrected chi connectivity index (χ3v) is 5.67. The van der Waals surface area contributed by atoms with Crippen molar-refractivity contribution in [3.8, 4) is 0 Å². The minimum absolute atomic E-state index is 0. The monoisotopic (exact) mass is 442 g/mol. The van der Waals surface area contributed by atoms with Crippen LogP contribution in [0.4, 0.5) is 0 Å². The molecule has 2 unspecified atom stereocenters. The number of guanidine groups is 1. The van der Waals surface area contributed by atoms with Crippen LogP contribution in [0, 0.1) is 5.92 Å². The molecular weight excluding hydrogens is 407 g/mol. The quantitative estimate of drug-likeness (QED) is 0.361. The molecule has 1 aliphatic heterocycles. The average Bonchev–Trinajstić information content (AvgIpc) is 2.84. The minimum atomic E-state index is 0. The zero-order valence-electron chi connectivity index (χ0n) is 15.1. The van der Waals surface area contributed by atoms with Gasteiger partial charge in [0, 0.05) is 30.9 Å². The summed E-state index contributed by atoms with van der Waals surface area (Å²) in [4.78, 5) is 6.66. The predicted molar refractivity (Wildman–Crippen MR) is 112 cm³/mol. The molecule has 1 heterocycles. The highest BCUT2D eigenvalue weighted by atomic mass is 127. The standard InChI is InChI=1S/C16H34N4S.HI/c1-13(2)10-14(20(5)6)11-18-15(17-4)19-12-16(3)8-7-9-21-16;/h13-14H,7-12H2,1-6H3,(H2,17,18,19);1H. The van der Waals surface area contributed by atoms with E-state index in [4.69, 9.17) is 0 Å². The van der Waals surface area contributed by atoms with Gasteiger partial charge in [-0.1, -0.05) is 13.8 Å². The van der Waals surface area contributed by atoms with E-state index in [1.165, 1.54) is 25.0 Å². The number of nitrogens with zero attached hydrogens (tertiary/aromatic N) is 2. The van der Waals surface area contributed by atoms with Crippen molar-refractivity contribution >= 4 is 41.7 Å². The average molecular weight is 442 g/mol. The van der Waals surface area contributed by atoms with Gasteiger partial charge < -0.3 is 15.5 Å². The predicted octanol–water partition coefficient (Wildman–Crippen LogP) is 3.03. The van der Waals surface area contributed by atoms with Crippen LogP contribution in [0.5, 0.6) is 0 Å². The highest BCUT2D eigenvalue weighted by molar-refractivity contribution is 14.0. The van der Waals surface area contributed by atoms with Crippen LogP contribution >= 0.6 is 35.7 Å². The van der Waals surface area contributed by atoms with Crippen molar-refractivity contribution in [2.75, 3.05) is 40.0 Å². The molecule has 132 valence electrons. The first kappa shape index (κ1) is 22.3. The van der Waals surface area contributed by atoms with E-state index in [2.05, 4.69) is 67.2 Å². The van der Waals surface area contributed by atoms with E-state index >= 15 is 0 Å². The minimum Gasteiger partial charge on any atom is -0.355 e. The number of likely N-dealkylation sites (N-methyl/N-ethyl adjacent to an activating group) is 1. The summed E-state index contributed by atoms with van der Waals surface area (Å²) in [5.41, 5.74) is 0. The van der Waals surface area contributed by atoms with E-state index in [0.29, 0.717) is 16.7 Å². The fourth-order valence-corrected chi connectivity index (χ4v) is 3.95. The van der Waals surface area contributed by atoms with Gasteiger partial charge in [-0.15, -0.1) is 24.0 Å². The van der Waals surface area contributed by atoms with Crippen LogP contribution in [0.1, 0.15) is 40.0 Å². The molecule has 6 heteroatoms. The lowest BCUT2D eigenvalue weighted by molar-refractivity contribution is 0.254. The Hall–Kier alpha value is 0.310. The maximum atomic E-state index is 4.36. The van der Waals surface area contributed by atoms with Crippen LogP contribution in [0.15, 0.2) is 4.99 Å². The smallest absolute Gasteiger partial charge is 0.191 e. The first-order chi connectivity index (χ1) is 9.86. The van der Waals surface area contributed by atoms with Gasteiger partial charge >= 0.3 is 0 Å². The van der Waals surface area contributed by atoms with Gasteiger partial charge in [-0.05, 0) is 52.0 Å². The lowest BCUT2D eigenvalue weighted by Crippen LogP contribution is -2.48. The molecule has 0 aromatic heterocycles. The van der Waals surface area contributed by atoms with E-state index < -0.39 is 0 Å². The Morgan fingerprint density at radius 1 is 1.32 bits per heavy atom. The van der Waals surface area contributed by atoms with Crippen LogP contribution in [0.3, 0.4) is 0 Å². The molecule has 0 aromatic carbocycles. The molecule has 22 heavy (non-hydrogen) atoms. The Morgan fingerprint density at radius 3 is 2.45 bits per heavy atom. The lowest BCUT2D eigenvalue weighted by atomic mass is 10.0. The zero-order valence-corrected chi connectivity index (χ0v) is 18.3. The van der Waals surface area contributed by atoms with Gasteiger partial charge in [0.15, 0.2) is 5.96 Å². The van der Waals surface area contributed by atoms with Gasteiger partial charge in [-0.2, -0.15) is 11.8 Å². The Labute approximate surface area is 158 Å². The second-order valence-electron chi connectivity index (χ2n) is 6.96. The molecule has 1 fully saturated rings. The molecule has 2 N–H and O–H groups in total. The summed E-state index contributed by atoms with van der Waals surface area (Å²) < 4.78 is 0.372. The molecule has 1 rings (SSSR count). The molecule has 0 radical (unpaired) electrons. The summed E-state index contributed by atoms with van der Waals surface area (Å²) in [5, 5.41) is 6.98. The topological polar surface area (TPSA) is 39.7 Å². The van der Waals surface area contributed by atoms with Gasteiger partial charge in [0.2, 0.25) is 0 Å². The Bertz CT molecular complexity index is 328. The normalized spacial score (nSPS) is 23.5. The molecule has 1 aliphatic rings. The van der Waals surface area contributed by atoms with Crippen molar-refractivity contribution in [3.05, 3.63) is 0 Å². The SMILES string of the molecule is CN=C(NCC(CC(C)C)N(C)C)NCC1(C)CCCS1.I. The number of aliphatic imine (C=N–C) groups is 1. The summed E-state index contributed by atoms with van der Waals surface area (Å²) in [5.74, 6) is 2.93. The summed E-state index contributed by atoms with van der Waals surface area (Å²) >= 11 is 2.08. The van der Waals surface area contributed by atoms with E-state index in [1.54, 1.807) is 0 Å². The van der Waals surface area contributed by atoms with Crippen molar-refractivity contribution in [2.24, 2.45) is 10.9 Å². The largest absolute Gasteiger partial charge is 0.355 e. The second kappa shape index (κ2) is 11.0. The van der Waals surface area contributed by atoms with Crippen LogP contribution < -0.4 is 10.6 Å². The molecule has 1 saturated heterocycles. The van der Waals surface area contributed by atoms with Crippen molar-refractivity contribution in [1.82, 2.24) is 15.5 Å². The molecule has 4 nitrogen and oxygen atoms in total. The van der Waals surface area contributed by atoms with E-state index in [-0.39, 0.29) is 24.0 Å². The Balaban J connectivity index is 0.00000441. The van der Waals surface area contributed by atoms with Crippen LogP contribution in [0.2, 0.25) is 0 Å². The van der Waals surface area contributed by atoms with Gasteiger partial charge in [0.05, 0.1) is 0 Å². The van der Waals surface area contributed by atoms with Crippen LogP contribution in [-0.4, -0.2) is 61.6 Å². The number of hydrogen-bond acceptors (Lipinski definition) is 3. The first-order valence-electron chi connectivity index (χ1n) is 8.11. The summed E-state index contributed by atoms with van der Waals surface area (Å²) in [6.45, 7) is 8.85. The molecule has 0 aliphatic carbocycles. The third-order valence-electron chi connectivity index (χ3n) is 4.13. The lowest BCUT2D eigenvalue weighted by Gasteiger charge is -2.28. The molecule has 0 bridgehead atoms. The molecular formula is C16H35IN4S. The summed E-state index contributed by atoms with van der Waals surface area (Å²) in [7, 11) is 6.16. The van der Waals surface area contributed by atoms with Crippen molar-refractivity contribution in [3.63, 3.8) is 0 Å². The molecule has 0 saturated carbocycles. The number of rotatable bonds is 7. The molecule has 0 aromatic rings. The highest BCUT2D eigenvalue weighted by Crippen LogP contribution is 2.36. The van der Waals surface area contributed by atoms with Gasteiger partial charge in [0.25, 0.3) is 0 Å². The fraction of sp³-hybridized carbons (Fsp3) is 0.938.